The Balaban J connectivity index is 1.46. The number of pyridine rings is 1. The molecule has 1 aliphatic carbocycles. The van der Waals surface area contributed by atoms with Crippen molar-refractivity contribution in [1.82, 2.24) is 4.98 Å². The molecule has 1 amide bonds. The molecule has 2 aromatic carbocycles. The van der Waals surface area contributed by atoms with Gasteiger partial charge in [-0.3, -0.25) is 4.79 Å². The quantitative estimate of drug-likeness (QED) is 0.274. The smallest absolute Gasteiger partial charge is 0.339 e. The fraction of sp³-hybridized carbons (Fsp3) is 0.250. The molecule has 6 nitrogen and oxygen atoms in total. The van der Waals surface area contributed by atoms with E-state index in [2.05, 4.69) is 56.4 Å². The van der Waals surface area contributed by atoms with Crippen molar-refractivity contribution >= 4 is 50.8 Å². The summed E-state index contributed by atoms with van der Waals surface area (Å²) in [7, 11) is 0. The molecule has 2 heterocycles. The Hall–Kier alpha value is -4.28. The molecule has 0 atom stereocenters. The van der Waals surface area contributed by atoms with Gasteiger partial charge < -0.3 is 10.1 Å². The number of anilines is 1. The number of aromatic nitrogens is 1. The summed E-state index contributed by atoms with van der Waals surface area (Å²) in [5.41, 5.74) is 6.74. The highest BCUT2D eigenvalue weighted by Gasteiger charge is 2.26. The Labute approximate surface area is 232 Å². The summed E-state index contributed by atoms with van der Waals surface area (Å²) < 4.78 is 5.51. The average Bonchev–Trinajstić information content (AvgIpc) is 3.37. The Bertz CT molecular complexity index is 1640. The SMILES string of the molecule is CC(C)(C)c1ccc(C=C2CCCc3c2nc2ccccc2c3C(=O)OCC(=O)Nc2sccc2C#N)cc1. The molecule has 0 fully saturated rings. The number of benzene rings is 2. The zero-order valence-corrected chi connectivity index (χ0v) is 23.0. The van der Waals surface area contributed by atoms with E-state index in [-0.39, 0.29) is 5.41 Å². The van der Waals surface area contributed by atoms with Crippen molar-refractivity contribution in [3.05, 3.63) is 93.5 Å². The van der Waals surface area contributed by atoms with Crippen molar-refractivity contribution in [2.75, 3.05) is 11.9 Å². The van der Waals surface area contributed by atoms with E-state index in [9.17, 15) is 9.59 Å². The van der Waals surface area contributed by atoms with Crippen molar-refractivity contribution in [3.63, 3.8) is 0 Å². The van der Waals surface area contributed by atoms with Gasteiger partial charge in [0.2, 0.25) is 0 Å². The van der Waals surface area contributed by atoms with E-state index in [0.29, 0.717) is 33.5 Å². The van der Waals surface area contributed by atoms with Crippen LogP contribution >= 0.6 is 11.3 Å². The highest BCUT2D eigenvalue weighted by Crippen LogP contribution is 2.36. The van der Waals surface area contributed by atoms with Gasteiger partial charge in [-0.15, -0.1) is 11.3 Å². The summed E-state index contributed by atoms with van der Waals surface area (Å²) in [5.74, 6) is -1.05. The number of ether oxygens (including phenoxy) is 1. The molecule has 2 aromatic heterocycles. The van der Waals surface area contributed by atoms with Gasteiger partial charge in [-0.25, -0.2) is 9.78 Å². The minimum absolute atomic E-state index is 0.0809. The van der Waals surface area contributed by atoms with Crippen LogP contribution in [0.1, 0.15) is 71.9 Å². The molecule has 0 saturated heterocycles. The Kier molecular flexibility index (Phi) is 7.32. The summed E-state index contributed by atoms with van der Waals surface area (Å²) in [6.45, 7) is 6.14. The van der Waals surface area contributed by atoms with Gasteiger partial charge in [-0.1, -0.05) is 63.2 Å². The number of thiophene rings is 1. The molecule has 1 aliphatic rings. The van der Waals surface area contributed by atoms with Crippen LogP contribution in [-0.2, 0) is 21.4 Å². The number of nitriles is 1. The molecule has 0 aliphatic heterocycles. The number of carbonyl (C=O) groups is 2. The Morgan fingerprint density at radius 1 is 1.10 bits per heavy atom. The van der Waals surface area contributed by atoms with E-state index in [0.717, 1.165) is 35.2 Å². The van der Waals surface area contributed by atoms with Crippen LogP contribution in [0.3, 0.4) is 0 Å². The van der Waals surface area contributed by atoms with Crippen molar-refractivity contribution in [3.8, 4) is 6.07 Å². The number of esters is 1. The van der Waals surface area contributed by atoms with Gasteiger partial charge >= 0.3 is 5.97 Å². The third kappa shape index (κ3) is 5.62. The first-order valence-electron chi connectivity index (χ1n) is 12.9. The molecular weight excluding hydrogens is 506 g/mol. The number of allylic oxidation sites excluding steroid dienone is 1. The third-order valence-electron chi connectivity index (χ3n) is 6.87. The number of carbonyl (C=O) groups excluding carboxylic acids is 2. The third-order valence-corrected chi connectivity index (χ3v) is 7.69. The average molecular weight is 536 g/mol. The Morgan fingerprint density at radius 2 is 1.87 bits per heavy atom. The lowest BCUT2D eigenvalue weighted by atomic mass is 9.85. The lowest BCUT2D eigenvalue weighted by Gasteiger charge is -2.23. The largest absolute Gasteiger partial charge is 0.452 e. The van der Waals surface area contributed by atoms with Gasteiger partial charge in [-0.05, 0) is 70.5 Å². The lowest BCUT2D eigenvalue weighted by molar-refractivity contribution is -0.119. The van der Waals surface area contributed by atoms with Gasteiger partial charge in [-0.2, -0.15) is 5.26 Å². The van der Waals surface area contributed by atoms with Crippen LogP contribution in [0, 0.1) is 11.3 Å². The predicted octanol–water partition coefficient (Wildman–Crippen LogP) is 7.14. The molecule has 7 heteroatoms. The number of hydrogen-bond donors (Lipinski definition) is 1. The van der Waals surface area contributed by atoms with E-state index in [1.54, 1.807) is 11.4 Å². The normalized spacial score (nSPS) is 14.1. The van der Waals surface area contributed by atoms with Gasteiger partial charge in [0.1, 0.15) is 11.1 Å². The first-order chi connectivity index (χ1) is 18.7. The second-order valence-electron chi connectivity index (χ2n) is 10.6. The number of rotatable bonds is 5. The summed E-state index contributed by atoms with van der Waals surface area (Å²) in [6.07, 6.45) is 4.60. The molecule has 0 bridgehead atoms. The maximum absolute atomic E-state index is 13.5. The number of nitrogens with one attached hydrogen (secondary N) is 1. The lowest BCUT2D eigenvalue weighted by Crippen LogP contribution is -2.22. The second kappa shape index (κ2) is 10.8. The minimum atomic E-state index is -0.553. The van der Waals surface area contributed by atoms with Crippen molar-refractivity contribution in [2.45, 2.75) is 45.4 Å². The summed E-state index contributed by atoms with van der Waals surface area (Å²) in [5, 5.41) is 14.7. The molecule has 196 valence electrons. The van der Waals surface area contributed by atoms with Crippen LogP contribution in [-0.4, -0.2) is 23.5 Å². The van der Waals surface area contributed by atoms with Gasteiger partial charge in [0, 0.05) is 5.39 Å². The standard InChI is InChI=1S/C32H29N3O3S/c1-32(2,3)23-13-11-20(12-14-23)17-21-7-6-9-25-28(24-8-4-5-10-26(24)34-29(21)25)31(37)38-19-27(36)35-30-22(18-33)15-16-39-30/h4-5,8,10-17H,6-7,9,19H2,1-3H3,(H,35,36). The number of para-hydroxylation sites is 1. The predicted molar refractivity (Wildman–Crippen MR) is 156 cm³/mol. The zero-order valence-electron chi connectivity index (χ0n) is 22.2. The van der Waals surface area contributed by atoms with E-state index < -0.39 is 18.5 Å². The first kappa shape index (κ1) is 26.3. The van der Waals surface area contributed by atoms with Gasteiger partial charge in [0.25, 0.3) is 5.91 Å². The highest BCUT2D eigenvalue weighted by molar-refractivity contribution is 7.14. The maximum Gasteiger partial charge on any atom is 0.339 e. The van der Waals surface area contributed by atoms with Crippen LogP contribution < -0.4 is 5.32 Å². The summed E-state index contributed by atoms with van der Waals surface area (Å²) in [4.78, 5) is 30.9. The molecule has 4 aromatic rings. The van der Waals surface area contributed by atoms with E-state index in [4.69, 9.17) is 15.0 Å². The van der Waals surface area contributed by atoms with E-state index in [1.807, 2.05) is 30.3 Å². The highest BCUT2D eigenvalue weighted by atomic mass is 32.1. The fourth-order valence-electron chi connectivity index (χ4n) is 4.85. The fourth-order valence-corrected chi connectivity index (χ4v) is 5.60. The molecule has 1 N–H and O–H groups in total. The number of hydrogen-bond acceptors (Lipinski definition) is 6. The molecule has 0 saturated carbocycles. The van der Waals surface area contributed by atoms with E-state index in [1.165, 1.54) is 16.9 Å². The van der Waals surface area contributed by atoms with Crippen molar-refractivity contribution < 1.29 is 14.3 Å². The van der Waals surface area contributed by atoms with Crippen LogP contribution in [0.25, 0.3) is 22.6 Å². The van der Waals surface area contributed by atoms with Crippen LogP contribution in [0.4, 0.5) is 5.00 Å². The molecule has 0 radical (unpaired) electrons. The molecular formula is C32H29N3O3S. The Morgan fingerprint density at radius 3 is 2.62 bits per heavy atom. The molecule has 5 rings (SSSR count). The minimum Gasteiger partial charge on any atom is -0.452 e. The summed E-state index contributed by atoms with van der Waals surface area (Å²) >= 11 is 1.25. The number of amides is 1. The molecule has 0 unspecified atom stereocenters. The van der Waals surface area contributed by atoms with Crippen molar-refractivity contribution in [1.29, 1.82) is 5.26 Å². The molecule has 0 spiro atoms. The van der Waals surface area contributed by atoms with E-state index >= 15 is 0 Å². The van der Waals surface area contributed by atoms with Crippen LogP contribution in [0.2, 0.25) is 0 Å². The van der Waals surface area contributed by atoms with Crippen LogP contribution in [0.15, 0.2) is 60.0 Å². The number of nitrogens with zero attached hydrogens (tertiary/aromatic N) is 2. The van der Waals surface area contributed by atoms with Gasteiger partial charge in [0.15, 0.2) is 6.61 Å². The monoisotopic (exact) mass is 535 g/mol. The molecule has 39 heavy (non-hydrogen) atoms. The van der Waals surface area contributed by atoms with Crippen molar-refractivity contribution in [2.24, 2.45) is 0 Å². The van der Waals surface area contributed by atoms with Gasteiger partial charge in [0.05, 0.1) is 22.3 Å². The van der Waals surface area contributed by atoms with Crippen LogP contribution in [0.5, 0.6) is 0 Å². The zero-order chi connectivity index (χ0) is 27.6. The topological polar surface area (TPSA) is 92.1 Å². The maximum atomic E-state index is 13.5. The number of fused-ring (bicyclic) bond motifs is 2. The first-order valence-corrected chi connectivity index (χ1v) is 13.8. The second-order valence-corrected chi connectivity index (χ2v) is 11.5. The summed E-state index contributed by atoms with van der Waals surface area (Å²) in [6, 6.07) is 19.8.